The van der Waals surface area contributed by atoms with E-state index in [9.17, 15) is 5.26 Å². The summed E-state index contributed by atoms with van der Waals surface area (Å²) in [6.07, 6.45) is 3.44. The van der Waals surface area contributed by atoms with Gasteiger partial charge in [0.2, 0.25) is 0 Å². The van der Waals surface area contributed by atoms with Crippen molar-refractivity contribution >= 4 is 26.8 Å². The number of halogens is 1. The Hall–Kier alpha value is -2.25. The summed E-state index contributed by atoms with van der Waals surface area (Å²) in [5.74, 6) is 0. The van der Waals surface area contributed by atoms with Crippen molar-refractivity contribution in [3.63, 3.8) is 0 Å². The molecule has 0 atom stereocenters. The van der Waals surface area contributed by atoms with Gasteiger partial charge in [-0.15, -0.1) is 0 Å². The minimum absolute atomic E-state index is 0.631. The van der Waals surface area contributed by atoms with Gasteiger partial charge in [-0.3, -0.25) is 4.98 Å². The van der Waals surface area contributed by atoms with E-state index in [-0.39, 0.29) is 0 Å². The fourth-order valence-corrected chi connectivity index (χ4v) is 2.85. The topological polar surface area (TPSA) is 49.6 Å². The predicted octanol–water partition coefficient (Wildman–Crippen LogP) is 4.24. The summed E-state index contributed by atoms with van der Waals surface area (Å²) in [6.45, 7) is 2.00. The van der Waals surface area contributed by atoms with Crippen LogP contribution >= 0.6 is 15.9 Å². The first-order valence-electron chi connectivity index (χ1n) is 6.10. The Bertz CT molecular complexity index is 836. The number of nitriles is 1. The van der Waals surface area contributed by atoms with Gasteiger partial charge in [0.15, 0.2) is 0 Å². The quantitative estimate of drug-likeness (QED) is 0.673. The molecule has 0 N–H and O–H groups in total. The Morgan fingerprint density at radius 2 is 1.90 bits per heavy atom. The van der Waals surface area contributed by atoms with Crippen LogP contribution in [0.3, 0.4) is 0 Å². The fourth-order valence-electron chi connectivity index (χ4n) is 2.18. The molecule has 2 heterocycles. The molecular weight excluding hydrogens is 314 g/mol. The maximum atomic E-state index is 9.38. The number of hydrogen-bond donors (Lipinski definition) is 0. The Balaban J connectivity index is 2.36. The molecule has 4 heteroatoms. The smallest absolute Gasteiger partial charge is 0.0999 e. The second kappa shape index (κ2) is 5.03. The Morgan fingerprint density at radius 1 is 1.15 bits per heavy atom. The summed E-state index contributed by atoms with van der Waals surface area (Å²) in [4.78, 5) is 8.67. The lowest BCUT2D eigenvalue weighted by atomic mass is 10.0. The average molecular weight is 324 g/mol. The van der Waals surface area contributed by atoms with E-state index in [0.29, 0.717) is 5.56 Å². The summed E-state index contributed by atoms with van der Waals surface area (Å²) in [5, 5.41) is 10.3. The zero-order chi connectivity index (χ0) is 14.1. The molecule has 20 heavy (non-hydrogen) atoms. The summed E-state index contributed by atoms with van der Waals surface area (Å²) < 4.78 is 0.903. The third-order valence-electron chi connectivity index (χ3n) is 3.11. The van der Waals surface area contributed by atoms with Crippen molar-refractivity contribution in [2.75, 3.05) is 0 Å². The van der Waals surface area contributed by atoms with Crippen LogP contribution in [0.1, 0.15) is 11.1 Å². The van der Waals surface area contributed by atoms with Crippen molar-refractivity contribution in [3.05, 3.63) is 58.3 Å². The number of aryl methyl sites for hydroxylation is 1. The molecular formula is C16H10BrN3. The maximum absolute atomic E-state index is 9.38. The molecule has 0 amide bonds. The van der Waals surface area contributed by atoms with Crippen LogP contribution in [-0.2, 0) is 0 Å². The summed E-state index contributed by atoms with van der Waals surface area (Å²) >= 11 is 3.53. The normalized spacial score (nSPS) is 10.4. The Kier molecular flexibility index (Phi) is 3.21. The summed E-state index contributed by atoms with van der Waals surface area (Å²) in [7, 11) is 0. The van der Waals surface area contributed by atoms with E-state index >= 15 is 0 Å². The number of hydrogen-bond acceptors (Lipinski definition) is 3. The van der Waals surface area contributed by atoms with Crippen molar-refractivity contribution in [2.24, 2.45) is 0 Å². The number of aromatic nitrogens is 2. The van der Waals surface area contributed by atoms with E-state index in [0.717, 1.165) is 32.2 Å². The van der Waals surface area contributed by atoms with Gasteiger partial charge in [-0.1, -0.05) is 0 Å². The number of fused-ring (bicyclic) bond motifs is 1. The van der Waals surface area contributed by atoms with Gasteiger partial charge in [0.25, 0.3) is 0 Å². The second-order valence-corrected chi connectivity index (χ2v) is 5.40. The van der Waals surface area contributed by atoms with Gasteiger partial charge in [0.1, 0.15) is 0 Å². The molecule has 0 aliphatic rings. The molecule has 0 saturated carbocycles. The number of benzene rings is 1. The number of rotatable bonds is 1. The number of pyridine rings is 2. The minimum Gasteiger partial charge on any atom is -0.265 e. The van der Waals surface area contributed by atoms with E-state index < -0.39 is 0 Å². The van der Waals surface area contributed by atoms with Gasteiger partial charge in [0.05, 0.1) is 22.8 Å². The Labute approximate surface area is 125 Å². The van der Waals surface area contributed by atoms with E-state index in [2.05, 4.69) is 32.0 Å². The SMILES string of the molecule is Cc1cc(Br)c2nc(-c3ccncc3)cc(C#N)c2c1. The molecule has 96 valence electrons. The van der Waals surface area contributed by atoms with Crippen LogP contribution in [0, 0.1) is 18.3 Å². The molecule has 3 rings (SSSR count). The van der Waals surface area contributed by atoms with Crippen LogP contribution in [0.25, 0.3) is 22.2 Å². The van der Waals surface area contributed by atoms with Gasteiger partial charge in [0, 0.05) is 27.8 Å². The van der Waals surface area contributed by atoms with Crippen molar-refractivity contribution in [1.82, 2.24) is 9.97 Å². The highest BCUT2D eigenvalue weighted by molar-refractivity contribution is 9.10. The highest BCUT2D eigenvalue weighted by Crippen LogP contribution is 2.30. The van der Waals surface area contributed by atoms with Crippen LogP contribution in [0.4, 0.5) is 0 Å². The largest absolute Gasteiger partial charge is 0.265 e. The third-order valence-corrected chi connectivity index (χ3v) is 3.71. The summed E-state index contributed by atoms with van der Waals surface area (Å²) in [6, 6.07) is 11.8. The van der Waals surface area contributed by atoms with E-state index in [1.54, 1.807) is 12.4 Å². The monoisotopic (exact) mass is 323 g/mol. The van der Waals surface area contributed by atoms with Crippen molar-refractivity contribution in [3.8, 4) is 17.3 Å². The zero-order valence-corrected chi connectivity index (χ0v) is 12.3. The molecule has 0 bridgehead atoms. The molecule has 0 aliphatic carbocycles. The van der Waals surface area contributed by atoms with Crippen molar-refractivity contribution in [1.29, 1.82) is 5.26 Å². The van der Waals surface area contributed by atoms with Gasteiger partial charge in [-0.2, -0.15) is 5.26 Å². The number of nitrogens with zero attached hydrogens (tertiary/aromatic N) is 3. The first-order valence-corrected chi connectivity index (χ1v) is 6.90. The van der Waals surface area contributed by atoms with Gasteiger partial charge in [-0.25, -0.2) is 4.98 Å². The first-order chi connectivity index (χ1) is 9.69. The Morgan fingerprint density at radius 3 is 2.60 bits per heavy atom. The third kappa shape index (κ3) is 2.17. The zero-order valence-electron chi connectivity index (χ0n) is 10.8. The lowest BCUT2D eigenvalue weighted by Crippen LogP contribution is -1.91. The van der Waals surface area contributed by atoms with Gasteiger partial charge >= 0.3 is 0 Å². The van der Waals surface area contributed by atoms with Crippen LogP contribution < -0.4 is 0 Å². The molecule has 3 nitrogen and oxygen atoms in total. The van der Waals surface area contributed by atoms with Crippen LogP contribution in [0.5, 0.6) is 0 Å². The van der Waals surface area contributed by atoms with Crippen LogP contribution in [0.15, 0.2) is 47.2 Å². The van der Waals surface area contributed by atoms with Crippen molar-refractivity contribution < 1.29 is 0 Å². The molecule has 1 aromatic carbocycles. The molecule has 0 saturated heterocycles. The molecule has 0 fully saturated rings. The maximum Gasteiger partial charge on any atom is 0.0999 e. The molecule has 0 aliphatic heterocycles. The minimum atomic E-state index is 0.631. The summed E-state index contributed by atoms with van der Waals surface area (Å²) in [5.41, 5.74) is 4.26. The van der Waals surface area contributed by atoms with Gasteiger partial charge < -0.3 is 0 Å². The lowest BCUT2D eigenvalue weighted by molar-refractivity contribution is 1.30. The first kappa shape index (κ1) is 12.8. The lowest BCUT2D eigenvalue weighted by Gasteiger charge is -2.08. The molecule has 3 aromatic rings. The van der Waals surface area contributed by atoms with Crippen LogP contribution in [-0.4, -0.2) is 9.97 Å². The molecule has 0 spiro atoms. The van der Waals surface area contributed by atoms with Gasteiger partial charge in [-0.05, 0) is 58.7 Å². The van der Waals surface area contributed by atoms with E-state index in [4.69, 9.17) is 0 Å². The average Bonchev–Trinajstić information content (AvgIpc) is 2.47. The van der Waals surface area contributed by atoms with E-state index in [1.165, 1.54) is 0 Å². The van der Waals surface area contributed by atoms with Crippen molar-refractivity contribution in [2.45, 2.75) is 6.92 Å². The molecule has 0 unspecified atom stereocenters. The van der Waals surface area contributed by atoms with E-state index in [1.807, 2.05) is 37.3 Å². The molecule has 0 radical (unpaired) electrons. The predicted molar refractivity (Wildman–Crippen MR) is 82.1 cm³/mol. The highest BCUT2D eigenvalue weighted by atomic mass is 79.9. The molecule has 2 aromatic heterocycles. The highest BCUT2D eigenvalue weighted by Gasteiger charge is 2.10. The fraction of sp³-hybridized carbons (Fsp3) is 0.0625. The van der Waals surface area contributed by atoms with Crippen LogP contribution in [0.2, 0.25) is 0 Å². The second-order valence-electron chi connectivity index (χ2n) is 4.55. The standard InChI is InChI=1S/C16H10BrN3/c1-10-6-13-12(9-18)8-15(11-2-4-19-5-3-11)20-16(13)14(17)7-10/h2-8H,1H3.